The Bertz CT molecular complexity index is 1280. The van der Waals surface area contributed by atoms with Crippen LogP contribution < -0.4 is 0 Å². The second-order valence-corrected chi connectivity index (χ2v) is 6.91. The maximum absolute atomic E-state index is 13.2. The van der Waals surface area contributed by atoms with E-state index < -0.39 is 0 Å². The van der Waals surface area contributed by atoms with Crippen LogP contribution in [0.1, 0.15) is 27.6 Å². The summed E-state index contributed by atoms with van der Waals surface area (Å²) in [5.41, 5.74) is 4.18. The average Bonchev–Trinajstić information content (AvgIpc) is 3.37. The van der Waals surface area contributed by atoms with Crippen LogP contribution in [-0.2, 0) is 13.0 Å². The van der Waals surface area contributed by atoms with Crippen LogP contribution in [0, 0.1) is 17.1 Å². The van der Waals surface area contributed by atoms with Crippen molar-refractivity contribution < 1.29 is 9.18 Å². The van der Waals surface area contributed by atoms with Gasteiger partial charge in [0.15, 0.2) is 0 Å². The molecule has 3 aromatic heterocycles. The number of aromatic amines is 1. The van der Waals surface area contributed by atoms with Gasteiger partial charge in [-0.15, -0.1) is 0 Å². The Labute approximate surface area is 165 Å². The van der Waals surface area contributed by atoms with Crippen molar-refractivity contribution in [1.82, 2.24) is 24.4 Å². The lowest BCUT2D eigenvalue weighted by Crippen LogP contribution is -2.36. The van der Waals surface area contributed by atoms with Gasteiger partial charge in [-0.3, -0.25) is 4.79 Å². The zero-order valence-corrected chi connectivity index (χ0v) is 15.3. The van der Waals surface area contributed by atoms with E-state index in [0.29, 0.717) is 36.4 Å². The summed E-state index contributed by atoms with van der Waals surface area (Å²) >= 11 is 0. The molecular weight excluding hydrogens is 371 g/mol. The number of carbonyl (C=O) groups excluding carboxylic acids is 1. The minimum absolute atomic E-state index is 0.123. The summed E-state index contributed by atoms with van der Waals surface area (Å²) in [4.78, 5) is 26.3. The molecule has 7 nitrogen and oxygen atoms in total. The minimum atomic E-state index is -0.282. The number of nitrogens with zero attached hydrogens (tertiary/aromatic N) is 5. The van der Waals surface area contributed by atoms with E-state index in [0.717, 1.165) is 22.5 Å². The Morgan fingerprint density at radius 3 is 2.83 bits per heavy atom. The van der Waals surface area contributed by atoms with Crippen molar-refractivity contribution in [2.24, 2.45) is 0 Å². The number of nitriles is 1. The highest BCUT2D eigenvalue weighted by Gasteiger charge is 2.26. The third kappa shape index (κ3) is 2.93. The Morgan fingerprint density at radius 2 is 2.03 bits per heavy atom. The van der Waals surface area contributed by atoms with Gasteiger partial charge >= 0.3 is 0 Å². The fraction of sp³-hybridized carbons (Fsp3) is 0.143. The Balaban J connectivity index is 1.40. The number of aromatic nitrogens is 4. The summed E-state index contributed by atoms with van der Waals surface area (Å²) in [6, 6.07) is 11.7. The van der Waals surface area contributed by atoms with E-state index in [1.54, 1.807) is 41.7 Å². The molecule has 0 fully saturated rings. The molecule has 0 atom stereocenters. The van der Waals surface area contributed by atoms with Gasteiger partial charge in [0.05, 0.1) is 30.3 Å². The molecule has 0 radical (unpaired) electrons. The van der Waals surface area contributed by atoms with Crippen molar-refractivity contribution in [2.45, 2.75) is 13.0 Å². The fourth-order valence-corrected chi connectivity index (χ4v) is 3.68. The van der Waals surface area contributed by atoms with Crippen molar-refractivity contribution in [3.8, 4) is 11.8 Å². The average molecular weight is 386 g/mol. The highest BCUT2D eigenvalue weighted by Crippen LogP contribution is 2.24. The molecular formula is C21H15FN6O. The van der Waals surface area contributed by atoms with E-state index in [4.69, 9.17) is 5.26 Å². The van der Waals surface area contributed by atoms with E-state index in [1.807, 2.05) is 10.6 Å². The van der Waals surface area contributed by atoms with E-state index in [2.05, 4.69) is 15.0 Å². The third-order valence-corrected chi connectivity index (χ3v) is 5.15. The van der Waals surface area contributed by atoms with E-state index in [-0.39, 0.29) is 11.7 Å². The van der Waals surface area contributed by atoms with E-state index in [9.17, 15) is 9.18 Å². The van der Waals surface area contributed by atoms with Crippen LogP contribution in [0.3, 0.4) is 0 Å². The molecule has 0 saturated heterocycles. The van der Waals surface area contributed by atoms with Crippen LogP contribution in [-0.4, -0.2) is 36.9 Å². The van der Waals surface area contributed by atoms with E-state index in [1.165, 1.54) is 12.1 Å². The number of benzene rings is 1. The quantitative estimate of drug-likeness (QED) is 0.573. The second-order valence-electron chi connectivity index (χ2n) is 6.91. The standard InChI is InChI=1S/C21H15FN6O/c22-14-1-3-16(4-2-14)28-12-25-19-11-27(6-5-20(19)28)21(29)17-8-13-7-15(9-23)24-10-18(13)26-17/h1-4,7-8,10,12,26H,5-6,11H2. The Morgan fingerprint density at radius 1 is 1.21 bits per heavy atom. The summed E-state index contributed by atoms with van der Waals surface area (Å²) in [5.74, 6) is -0.406. The van der Waals surface area contributed by atoms with Crippen molar-refractivity contribution >= 4 is 16.8 Å². The van der Waals surface area contributed by atoms with Crippen molar-refractivity contribution in [1.29, 1.82) is 5.26 Å². The van der Waals surface area contributed by atoms with Crippen LogP contribution >= 0.6 is 0 Å². The third-order valence-electron chi connectivity index (χ3n) is 5.15. The molecule has 1 aliphatic rings. The molecule has 0 saturated carbocycles. The topological polar surface area (TPSA) is 90.6 Å². The van der Waals surface area contributed by atoms with Crippen LogP contribution in [0.4, 0.5) is 4.39 Å². The molecule has 0 unspecified atom stereocenters. The molecule has 5 rings (SSSR count). The molecule has 142 valence electrons. The lowest BCUT2D eigenvalue weighted by atomic mass is 10.1. The largest absolute Gasteiger partial charge is 0.349 e. The number of hydrogen-bond donors (Lipinski definition) is 1. The summed E-state index contributed by atoms with van der Waals surface area (Å²) in [6.45, 7) is 0.954. The lowest BCUT2D eigenvalue weighted by Gasteiger charge is -2.26. The van der Waals surface area contributed by atoms with Crippen molar-refractivity contribution in [3.63, 3.8) is 0 Å². The second kappa shape index (κ2) is 6.56. The normalized spacial score (nSPS) is 13.3. The van der Waals surface area contributed by atoms with E-state index >= 15 is 0 Å². The number of H-pyrrole nitrogens is 1. The first-order chi connectivity index (χ1) is 14.1. The van der Waals surface area contributed by atoms with Gasteiger partial charge < -0.3 is 14.5 Å². The monoisotopic (exact) mass is 386 g/mol. The molecule has 29 heavy (non-hydrogen) atoms. The number of hydrogen-bond acceptors (Lipinski definition) is 4. The highest BCUT2D eigenvalue weighted by atomic mass is 19.1. The predicted octanol–water partition coefficient (Wildman–Crippen LogP) is 2.96. The summed E-state index contributed by atoms with van der Waals surface area (Å²) in [7, 11) is 0. The molecule has 1 N–H and O–H groups in total. The van der Waals surface area contributed by atoms with Gasteiger partial charge in [0.2, 0.25) is 0 Å². The number of amides is 1. The minimum Gasteiger partial charge on any atom is -0.349 e. The molecule has 0 spiro atoms. The van der Waals surface area contributed by atoms with Gasteiger partial charge in [0, 0.05) is 29.7 Å². The maximum Gasteiger partial charge on any atom is 0.270 e. The summed E-state index contributed by atoms with van der Waals surface area (Å²) in [5, 5.41) is 9.76. The number of fused-ring (bicyclic) bond motifs is 2. The van der Waals surface area contributed by atoms with Crippen LogP contribution in [0.2, 0.25) is 0 Å². The molecule has 0 bridgehead atoms. The number of nitrogens with one attached hydrogen (secondary N) is 1. The number of imidazole rings is 1. The van der Waals surface area contributed by atoms with Gasteiger partial charge in [0.25, 0.3) is 5.91 Å². The molecule has 1 aromatic carbocycles. The fourth-order valence-electron chi connectivity index (χ4n) is 3.68. The number of pyridine rings is 1. The molecule has 4 heterocycles. The van der Waals surface area contributed by atoms with Crippen LogP contribution in [0.5, 0.6) is 0 Å². The van der Waals surface area contributed by atoms with Gasteiger partial charge in [0.1, 0.15) is 23.3 Å². The molecule has 1 aliphatic heterocycles. The number of halogens is 1. The van der Waals surface area contributed by atoms with Crippen molar-refractivity contribution in [3.05, 3.63) is 77.5 Å². The first kappa shape index (κ1) is 17.1. The van der Waals surface area contributed by atoms with Crippen LogP contribution in [0.25, 0.3) is 16.6 Å². The molecule has 1 amide bonds. The maximum atomic E-state index is 13.2. The zero-order chi connectivity index (χ0) is 20.0. The van der Waals surface area contributed by atoms with Gasteiger partial charge in [-0.2, -0.15) is 5.26 Å². The number of carbonyl (C=O) groups is 1. The van der Waals surface area contributed by atoms with Gasteiger partial charge in [-0.1, -0.05) is 0 Å². The molecule has 0 aliphatic carbocycles. The van der Waals surface area contributed by atoms with Crippen molar-refractivity contribution in [2.75, 3.05) is 6.54 Å². The highest BCUT2D eigenvalue weighted by molar-refractivity contribution is 5.98. The smallest absolute Gasteiger partial charge is 0.270 e. The van der Waals surface area contributed by atoms with Gasteiger partial charge in [-0.05, 0) is 36.4 Å². The predicted molar refractivity (Wildman–Crippen MR) is 103 cm³/mol. The Hall–Kier alpha value is -3.99. The lowest BCUT2D eigenvalue weighted by molar-refractivity contribution is 0.0726. The zero-order valence-electron chi connectivity index (χ0n) is 15.3. The molecule has 4 aromatic rings. The first-order valence-corrected chi connectivity index (χ1v) is 9.11. The molecule has 8 heteroatoms. The van der Waals surface area contributed by atoms with Crippen LogP contribution in [0.15, 0.2) is 48.9 Å². The first-order valence-electron chi connectivity index (χ1n) is 9.11. The summed E-state index contributed by atoms with van der Waals surface area (Å²) in [6.07, 6.45) is 3.92. The Kier molecular flexibility index (Phi) is 3.88. The SMILES string of the molecule is N#Cc1cc2cc(C(=O)N3CCc4c(ncn4-c4ccc(F)cc4)C3)[nH]c2cn1. The summed E-state index contributed by atoms with van der Waals surface area (Å²) < 4.78 is 15.1. The van der Waals surface area contributed by atoms with Gasteiger partial charge in [-0.25, -0.2) is 14.4 Å². The number of rotatable bonds is 2.